The van der Waals surface area contributed by atoms with E-state index in [0.717, 1.165) is 6.42 Å². The second-order valence-corrected chi connectivity index (χ2v) is 31.5. The van der Waals surface area contributed by atoms with Gasteiger partial charge in [0.15, 0.2) is 6.10 Å². The number of aryl methyl sites for hydroxylation is 2. The molecule has 558 valence electrons. The van der Waals surface area contributed by atoms with Crippen LogP contribution >= 0.6 is 0 Å². The van der Waals surface area contributed by atoms with Gasteiger partial charge in [0.05, 0.1) is 17.3 Å². The number of fused-ring (bicyclic) bond motifs is 8. The summed E-state index contributed by atoms with van der Waals surface area (Å²) < 4.78 is 48.8. The lowest BCUT2D eigenvalue weighted by atomic mass is 9.49. The number of carboxylic acids is 2. The summed E-state index contributed by atoms with van der Waals surface area (Å²) in [5.74, 6) is -7.76. The van der Waals surface area contributed by atoms with Crippen LogP contribution in [0.2, 0.25) is 0 Å². The number of ether oxygens (including phenoxy) is 2. The van der Waals surface area contributed by atoms with E-state index in [-0.39, 0.29) is 54.1 Å². The maximum absolute atomic E-state index is 12.9. The van der Waals surface area contributed by atoms with Crippen LogP contribution in [0.25, 0.3) is 50.3 Å². The van der Waals surface area contributed by atoms with Crippen molar-refractivity contribution >= 4 is 78.6 Å². The molecule has 4 saturated carbocycles. The quantitative estimate of drug-likeness (QED) is 0.0263. The Morgan fingerprint density at radius 3 is 1.98 bits per heavy atom. The molecule has 11 N–H and O–H groups in total. The van der Waals surface area contributed by atoms with Crippen LogP contribution < -0.4 is 14.6 Å². The van der Waals surface area contributed by atoms with Gasteiger partial charge >= 0.3 is 28.3 Å². The number of phenols is 1. The number of benzene rings is 6. The number of rotatable bonds is 10. The summed E-state index contributed by atoms with van der Waals surface area (Å²) in [7, 11) is 1.61. The minimum Gasteiger partial charge on any atom is -0.872 e. The molecule has 2 aromatic heterocycles. The van der Waals surface area contributed by atoms with E-state index in [0.29, 0.717) is 71.7 Å². The molecule has 7 fully saturated rings. The number of para-hydroxylation sites is 1. The number of carbonyl (C=O) groups is 3. The normalized spacial score (nSPS) is 30.9. The summed E-state index contributed by atoms with van der Waals surface area (Å²) in [5.41, 5.74) is -0.557. The van der Waals surface area contributed by atoms with Crippen molar-refractivity contribution in [3.63, 3.8) is 0 Å². The summed E-state index contributed by atoms with van der Waals surface area (Å²) >= 11 is 0. The van der Waals surface area contributed by atoms with Crippen molar-refractivity contribution in [1.29, 1.82) is 0 Å². The van der Waals surface area contributed by atoms with E-state index in [1.54, 1.807) is 75.4 Å². The summed E-state index contributed by atoms with van der Waals surface area (Å²) in [6.45, 7) is 14.4. The summed E-state index contributed by atoms with van der Waals surface area (Å²) in [4.78, 5) is 40.2. The van der Waals surface area contributed by atoms with Gasteiger partial charge in [-0.1, -0.05) is 92.4 Å². The summed E-state index contributed by atoms with van der Waals surface area (Å²) in [5, 5.41) is 120. The fourth-order valence-corrected chi connectivity index (χ4v) is 19.4. The van der Waals surface area contributed by atoms with Gasteiger partial charge in [0, 0.05) is 133 Å². The Kier molecular flexibility index (Phi) is 20.0. The number of aliphatic hydroxyl groups is 6. The SMILES string of the molecule is CC=C(C)C(=O)OC1CCC2(C)C3CCC4C5(O)CC(O)C6(O)C(CN7CC(C)CCC7C6(C)O)C5(O)CC42OC13O.Cc1cc(C=Cc2ccc3cc(N(C)C)ccc3[n+]2C)c(C)n1-c1ccccc1.O=C(O)c1cc2ccccc2c(Cc2c(O)c(C(=O)O)cc3ccccc23)c1[O-].O=S(=O)(O)O. The average molecular weight is 1460 g/mol. The molecular weight excluding hydrogens is 1360 g/mol. The number of hydrogen-bond acceptors (Lipinski definition) is 17. The van der Waals surface area contributed by atoms with Gasteiger partial charge in [0.1, 0.15) is 40.8 Å². The van der Waals surface area contributed by atoms with Crippen LogP contribution in [0.15, 0.2) is 139 Å². The molecule has 5 heterocycles. The molecule has 15 rings (SSSR count). The Bertz CT molecular complexity index is 4830. The first-order chi connectivity index (χ1) is 49.3. The van der Waals surface area contributed by atoms with Crippen molar-refractivity contribution in [2.45, 2.75) is 158 Å². The summed E-state index contributed by atoms with van der Waals surface area (Å²) in [6, 6.07) is 39.9. The molecular formula is C81H94N4O19S. The highest BCUT2D eigenvalue weighted by atomic mass is 32.3. The lowest BCUT2D eigenvalue weighted by molar-refractivity contribution is -0.646. The molecule has 0 amide bonds. The monoisotopic (exact) mass is 1460 g/mol. The first kappa shape index (κ1) is 76.0. The Morgan fingerprint density at radius 1 is 0.743 bits per heavy atom. The van der Waals surface area contributed by atoms with Crippen LogP contribution in [0.4, 0.5) is 5.69 Å². The molecule has 4 aliphatic carbocycles. The number of aliphatic hydroxyl groups excluding tert-OH is 1. The molecule has 1 spiro atoms. The molecule has 24 heteroatoms. The lowest BCUT2D eigenvalue weighted by Gasteiger charge is -2.68. The maximum Gasteiger partial charge on any atom is 0.394 e. The highest BCUT2D eigenvalue weighted by molar-refractivity contribution is 7.79. The van der Waals surface area contributed by atoms with Crippen molar-refractivity contribution in [2.24, 2.45) is 36.1 Å². The third-order valence-corrected chi connectivity index (χ3v) is 24.7. The number of aromatic hydroxyl groups is 1. The fraction of sp³-hybridized carbons (Fsp3) is 0.432. The van der Waals surface area contributed by atoms with E-state index in [9.17, 15) is 65.4 Å². The lowest BCUT2D eigenvalue weighted by Crippen LogP contribution is -2.85. The van der Waals surface area contributed by atoms with Gasteiger partial charge in [0.25, 0.3) is 0 Å². The highest BCUT2D eigenvalue weighted by Gasteiger charge is 2.89. The van der Waals surface area contributed by atoms with Crippen LogP contribution in [0.5, 0.6) is 11.5 Å². The molecule has 14 atom stereocenters. The number of piperidine rings is 2. The van der Waals surface area contributed by atoms with E-state index >= 15 is 0 Å². The van der Waals surface area contributed by atoms with Crippen molar-refractivity contribution < 1.29 is 97.0 Å². The third-order valence-electron chi connectivity index (χ3n) is 24.7. The number of allylic oxidation sites excluding steroid dienone is 1. The zero-order chi connectivity index (χ0) is 76.2. The van der Waals surface area contributed by atoms with E-state index < -0.39 is 109 Å². The second-order valence-electron chi connectivity index (χ2n) is 30.6. The van der Waals surface area contributed by atoms with Gasteiger partial charge in [-0.05, 0) is 166 Å². The van der Waals surface area contributed by atoms with E-state index in [4.69, 9.17) is 27.0 Å². The van der Waals surface area contributed by atoms with Crippen LogP contribution in [-0.2, 0) is 38.1 Å². The van der Waals surface area contributed by atoms with Crippen molar-refractivity contribution in [3.8, 4) is 17.2 Å². The number of anilines is 1. The van der Waals surface area contributed by atoms with Crippen molar-refractivity contribution in [2.75, 3.05) is 32.1 Å². The maximum atomic E-state index is 12.9. The van der Waals surface area contributed by atoms with Crippen LogP contribution in [-0.4, -0.2) is 170 Å². The van der Waals surface area contributed by atoms with Crippen LogP contribution in [0.1, 0.15) is 140 Å². The smallest absolute Gasteiger partial charge is 0.394 e. The molecule has 7 aliphatic rings. The predicted molar refractivity (Wildman–Crippen MR) is 393 cm³/mol. The molecule has 3 aliphatic heterocycles. The summed E-state index contributed by atoms with van der Waals surface area (Å²) in [6.07, 6.45) is 6.62. The second kappa shape index (κ2) is 27.6. The van der Waals surface area contributed by atoms with Gasteiger partial charge in [0.2, 0.25) is 17.0 Å². The van der Waals surface area contributed by atoms with Crippen LogP contribution in [0.3, 0.4) is 0 Å². The molecule has 14 unspecified atom stereocenters. The standard InChI is InChI=1S/C32H49NO9.C26H28N3.C23H16O6.H2O4S/c1-6-18(3)25(35)41-24-11-12-26(4)19-8-9-20-28(37)13-23(34)31(39)21(29(28,38)16-30(20,26)42-32(19,24)40)15-33-14-17(2)7-10-22(33)27(31,5)36;1-19-17-21(20(2)29(19)24-9-7-6-8-10-24)11-13-23-14-12-22-18-25(27(3)4)15-16-26(22)28(23)5;24-20-16(14-7-3-1-5-12(14)9-18(20)22(26)27)11-17-15-8-4-2-6-13(15)10-19(21(17)25)23(28)29;1-5(2,3)4/h6,17,19-24,34,36-40H,7-16H2,1-5H3;6-18H,1-5H3;1-10,24-25H,11H2,(H,26,27)(H,28,29);(H2,1,2,3,4)/q;+1;;/p-1. The minimum atomic E-state index is -4.67. The average Bonchev–Trinajstić information content (AvgIpc) is 1.47. The largest absolute Gasteiger partial charge is 0.872 e. The third kappa shape index (κ3) is 12.7. The van der Waals surface area contributed by atoms with E-state index in [1.165, 1.54) is 57.1 Å². The van der Waals surface area contributed by atoms with Gasteiger partial charge in [-0.25, -0.2) is 14.4 Å². The van der Waals surface area contributed by atoms with Gasteiger partial charge in [-0.3, -0.25) is 14.0 Å². The Balaban J connectivity index is 0.000000147. The number of nitrogens with zero attached hydrogens (tertiary/aromatic N) is 4. The highest BCUT2D eigenvalue weighted by Crippen LogP contribution is 2.78. The molecule has 8 aromatic rings. The molecule has 0 radical (unpaired) electrons. The van der Waals surface area contributed by atoms with Gasteiger partial charge in [-0.15, -0.1) is 0 Å². The Hall–Kier alpha value is -8.63. The number of carbonyl (C=O) groups excluding carboxylic acids is 1. The molecule has 105 heavy (non-hydrogen) atoms. The number of hydrogen-bond donors (Lipinski definition) is 11. The van der Waals surface area contributed by atoms with Crippen molar-refractivity contribution in [1.82, 2.24) is 9.47 Å². The topological polar surface area (TPSA) is 365 Å². The predicted octanol–water partition coefficient (Wildman–Crippen LogP) is 9.41. The zero-order valence-corrected chi connectivity index (χ0v) is 61.4. The van der Waals surface area contributed by atoms with E-state index in [1.807, 2.05) is 6.92 Å². The fourth-order valence-electron chi connectivity index (χ4n) is 19.4. The number of aromatic carboxylic acids is 2. The number of aromatic nitrogens is 2. The molecule has 4 bridgehead atoms. The number of carboxylic acid groups (broad SMARTS) is 2. The van der Waals surface area contributed by atoms with Gasteiger partial charge in [-0.2, -0.15) is 13.0 Å². The van der Waals surface area contributed by atoms with E-state index in [2.05, 4.69) is 140 Å². The van der Waals surface area contributed by atoms with Crippen molar-refractivity contribution in [3.05, 3.63) is 184 Å². The number of esters is 1. The van der Waals surface area contributed by atoms with Crippen LogP contribution in [0, 0.1) is 42.9 Å². The first-order valence-electron chi connectivity index (χ1n) is 35.5. The minimum absolute atomic E-state index is 0.0606. The first-order valence-corrected chi connectivity index (χ1v) is 36.9. The zero-order valence-electron chi connectivity index (χ0n) is 60.6. The molecule has 3 saturated heterocycles. The Morgan fingerprint density at radius 2 is 1.35 bits per heavy atom. The number of pyridine rings is 1. The molecule has 23 nitrogen and oxygen atoms in total. The molecule has 6 aromatic carbocycles. The Labute approximate surface area is 609 Å². The van der Waals surface area contributed by atoms with Gasteiger partial charge < -0.3 is 70.0 Å².